The average Bonchev–Trinajstić information content (AvgIpc) is 3.53. The second kappa shape index (κ2) is 8.75. The zero-order valence-electron chi connectivity index (χ0n) is 16.7. The first-order valence-electron chi connectivity index (χ1n) is 9.71. The third-order valence-corrected chi connectivity index (χ3v) is 5.29. The van der Waals surface area contributed by atoms with Crippen molar-refractivity contribution in [2.24, 2.45) is 0 Å². The number of benzene rings is 1. The zero-order valence-corrected chi connectivity index (χ0v) is 17.5. The Labute approximate surface area is 175 Å². The summed E-state index contributed by atoms with van der Waals surface area (Å²) < 4.78 is 15.8. The van der Waals surface area contributed by atoms with Crippen LogP contribution in [-0.2, 0) is 6.67 Å². The molecule has 1 fully saturated rings. The molecule has 3 aromatic rings. The van der Waals surface area contributed by atoms with Crippen molar-refractivity contribution in [3.05, 3.63) is 53.6 Å². The lowest BCUT2D eigenvalue weighted by molar-refractivity contribution is 0.197. The van der Waals surface area contributed by atoms with E-state index in [0.29, 0.717) is 19.3 Å². The van der Waals surface area contributed by atoms with Gasteiger partial charge in [0.25, 0.3) is 0 Å². The number of likely N-dealkylation sites (N-methyl/N-ethyl adjacent to an activating group) is 1. The number of ether oxygens (including phenoxy) is 2. The summed E-state index contributed by atoms with van der Waals surface area (Å²) in [6, 6.07) is 12.0. The van der Waals surface area contributed by atoms with Gasteiger partial charge in [0.1, 0.15) is 18.1 Å². The summed E-state index contributed by atoms with van der Waals surface area (Å²) >= 11 is 5.73. The van der Waals surface area contributed by atoms with Crippen molar-refractivity contribution in [1.82, 2.24) is 24.2 Å². The minimum atomic E-state index is 0.454. The van der Waals surface area contributed by atoms with Gasteiger partial charge in [-0.2, -0.15) is 5.10 Å². The maximum atomic E-state index is 5.82. The van der Waals surface area contributed by atoms with Crippen LogP contribution < -0.4 is 9.47 Å². The minimum absolute atomic E-state index is 0.454. The number of hydrogen-bond acceptors (Lipinski definition) is 6. The lowest BCUT2D eigenvalue weighted by Crippen LogP contribution is -2.27. The highest BCUT2D eigenvalue weighted by atomic mass is 32.1. The van der Waals surface area contributed by atoms with E-state index in [4.69, 9.17) is 26.8 Å². The zero-order chi connectivity index (χ0) is 20.2. The number of methoxy groups -OCH3 is 1. The third kappa shape index (κ3) is 4.65. The molecule has 0 saturated heterocycles. The summed E-state index contributed by atoms with van der Waals surface area (Å²) in [4.78, 5) is 6.38. The molecule has 4 rings (SSSR count). The Morgan fingerprint density at radius 2 is 1.93 bits per heavy atom. The van der Waals surface area contributed by atoms with Gasteiger partial charge >= 0.3 is 0 Å². The van der Waals surface area contributed by atoms with Crippen LogP contribution in [0.2, 0.25) is 0 Å². The number of hydrogen-bond donors (Lipinski definition) is 0. The molecule has 7 nitrogen and oxygen atoms in total. The lowest BCUT2D eigenvalue weighted by atomic mass is 10.3. The van der Waals surface area contributed by atoms with E-state index < -0.39 is 0 Å². The molecule has 0 bridgehead atoms. The van der Waals surface area contributed by atoms with Crippen LogP contribution in [-0.4, -0.2) is 51.5 Å². The molecule has 1 aliphatic carbocycles. The Kier molecular flexibility index (Phi) is 5.92. The second-order valence-electron chi connectivity index (χ2n) is 7.19. The quantitative estimate of drug-likeness (QED) is 0.500. The molecule has 1 saturated carbocycles. The van der Waals surface area contributed by atoms with Crippen molar-refractivity contribution < 1.29 is 9.47 Å². The molecule has 0 amide bonds. The van der Waals surface area contributed by atoms with Gasteiger partial charge in [-0.25, -0.2) is 4.68 Å². The molecule has 0 unspecified atom stereocenters. The summed E-state index contributed by atoms with van der Waals surface area (Å²) in [6.07, 6.45) is 5.91. The molecule has 0 radical (unpaired) electrons. The van der Waals surface area contributed by atoms with Gasteiger partial charge in [-0.1, -0.05) is 0 Å². The SMILES string of the molecule is COc1ccc(OCCN(C)Cn2nc(-c3cccnc3)n(C3CC3)c2=S)cc1. The van der Waals surface area contributed by atoms with E-state index in [1.165, 1.54) is 0 Å². The maximum absolute atomic E-state index is 5.82. The summed E-state index contributed by atoms with van der Waals surface area (Å²) in [5, 5.41) is 4.81. The summed E-state index contributed by atoms with van der Waals surface area (Å²) in [7, 11) is 3.69. The van der Waals surface area contributed by atoms with Crippen molar-refractivity contribution in [3.8, 4) is 22.9 Å². The van der Waals surface area contributed by atoms with Crippen molar-refractivity contribution >= 4 is 12.2 Å². The van der Waals surface area contributed by atoms with Crippen LogP contribution in [0.3, 0.4) is 0 Å². The minimum Gasteiger partial charge on any atom is -0.497 e. The first kappa shape index (κ1) is 19.6. The monoisotopic (exact) mass is 411 g/mol. The first-order valence-corrected chi connectivity index (χ1v) is 10.1. The van der Waals surface area contributed by atoms with Gasteiger partial charge in [0, 0.05) is 30.5 Å². The van der Waals surface area contributed by atoms with Gasteiger partial charge in [-0.15, -0.1) is 0 Å². The molecule has 8 heteroatoms. The largest absolute Gasteiger partial charge is 0.497 e. The molecular weight excluding hydrogens is 386 g/mol. The summed E-state index contributed by atoms with van der Waals surface area (Å²) in [5.41, 5.74) is 0.995. The van der Waals surface area contributed by atoms with Gasteiger partial charge < -0.3 is 9.47 Å². The normalized spacial score (nSPS) is 13.6. The summed E-state index contributed by atoms with van der Waals surface area (Å²) in [6.45, 7) is 1.94. The fourth-order valence-electron chi connectivity index (χ4n) is 3.16. The molecule has 152 valence electrons. The molecule has 0 spiro atoms. The molecule has 0 atom stereocenters. The predicted molar refractivity (Wildman–Crippen MR) is 114 cm³/mol. The van der Waals surface area contributed by atoms with E-state index in [0.717, 1.165) is 47.0 Å². The van der Waals surface area contributed by atoms with Crippen LogP contribution in [0.4, 0.5) is 0 Å². The van der Waals surface area contributed by atoms with Crippen molar-refractivity contribution in [3.63, 3.8) is 0 Å². The van der Waals surface area contributed by atoms with E-state index in [1.54, 1.807) is 13.3 Å². The van der Waals surface area contributed by atoms with Crippen LogP contribution in [0.25, 0.3) is 11.4 Å². The number of pyridine rings is 1. The molecule has 1 aliphatic rings. The van der Waals surface area contributed by atoms with E-state index in [-0.39, 0.29) is 0 Å². The molecule has 2 aromatic heterocycles. The lowest BCUT2D eigenvalue weighted by Gasteiger charge is -2.16. The van der Waals surface area contributed by atoms with Gasteiger partial charge in [0.2, 0.25) is 0 Å². The molecule has 29 heavy (non-hydrogen) atoms. The van der Waals surface area contributed by atoms with Gasteiger partial charge in [-0.05, 0) is 68.5 Å². The van der Waals surface area contributed by atoms with Crippen molar-refractivity contribution in [2.45, 2.75) is 25.6 Å². The van der Waals surface area contributed by atoms with Crippen LogP contribution in [0, 0.1) is 4.77 Å². The van der Waals surface area contributed by atoms with E-state index in [9.17, 15) is 0 Å². The first-order chi connectivity index (χ1) is 14.2. The smallest absolute Gasteiger partial charge is 0.199 e. The Morgan fingerprint density at radius 3 is 2.59 bits per heavy atom. The van der Waals surface area contributed by atoms with E-state index in [2.05, 4.69) is 14.5 Å². The highest BCUT2D eigenvalue weighted by Gasteiger charge is 2.29. The van der Waals surface area contributed by atoms with Crippen LogP contribution in [0.5, 0.6) is 11.5 Å². The molecule has 1 aromatic carbocycles. The second-order valence-corrected chi connectivity index (χ2v) is 7.56. The van der Waals surface area contributed by atoms with Crippen LogP contribution >= 0.6 is 12.2 Å². The summed E-state index contributed by atoms with van der Waals surface area (Å²) in [5.74, 6) is 2.54. The van der Waals surface area contributed by atoms with Gasteiger partial charge in [0.05, 0.1) is 13.8 Å². The highest BCUT2D eigenvalue weighted by molar-refractivity contribution is 7.71. The van der Waals surface area contributed by atoms with Gasteiger partial charge in [0.15, 0.2) is 10.6 Å². The molecular formula is C21H25N5O2S. The number of nitrogens with zero attached hydrogens (tertiary/aromatic N) is 5. The standard InChI is InChI=1S/C21H25N5O2S/c1-24(12-13-28-19-9-7-18(27-2)8-10-19)15-25-21(29)26(17-5-6-17)20(23-25)16-4-3-11-22-14-16/h3-4,7-11,14,17H,5-6,12-13,15H2,1-2H3. The topological polar surface area (TPSA) is 57.3 Å². The predicted octanol–water partition coefficient (Wildman–Crippen LogP) is 3.79. The third-order valence-electron chi connectivity index (χ3n) is 4.88. The highest BCUT2D eigenvalue weighted by Crippen LogP contribution is 2.38. The van der Waals surface area contributed by atoms with Gasteiger partial charge in [-0.3, -0.25) is 14.5 Å². The van der Waals surface area contributed by atoms with Crippen LogP contribution in [0.15, 0.2) is 48.8 Å². The van der Waals surface area contributed by atoms with Crippen molar-refractivity contribution in [1.29, 1.82) is 0 Å². The Bertz CT molecular complexity index is 996. The molecule has 2 heterocycles. The maximum Gasteiger partial charge on any atom is 0.199 e. The average molecular weight is 412 g/mol. The molecule has 0 aliphatic heterocycles. The fourth-order valence-corrected chi connectivity index (χ4v) is 3.49. The van der Waals surface area contributed by atoms with E-state index >= 15 is 0 Å². The van der Waals surface area contributed by atoms with Crippen LogP contribution in [0.1, 0.15) is 18.9 Å². The molecule has 0 N–H and O–H groups in total. The Balaban J connectivity index is 1.40. The van der Waals surface area contributed by atoms with Crippen molar-refractivity contribution in [2.75, 3.05) is 27.3 Å². The Hall–Kier alpha value is -2.71. The number of aromatic nitrogens is 4. The number of rotatable bonds is 9. The Morgan fingerprint density at radius 1 is 1.17 bits per heavy atom. The fraction of sp³-hybridized carbons (Fsp3) is 0.381. The van der Waals surface area contributed by atoms with E-state index in [1.807, 2.05) is 54.3 Å².